The zero-order valence-corrected chi connectivity index (χ0v) is 20.2. The number of carboxylic acid groups (broad SMARTS) is 2. The van der Waals surface area contributed by atoms with Gasteiger partial charge in [-0.3, -0.25) is 4.79 Å². The van der Waals surface area contributed by atoms with Crippen molar-refractivity contribution in [1.29, 1.82) is 0 Å². The molecule has 0 aromatic heterocycles. The number of carbonyl (C=O) groups is 3. The van der Waals surface area contributed by atoms with Gasteiger partial charge >= 0.3 is 11.9 Å². The Kier molecular flexibility index (Phi) is 12.0. The van der Waals surface area contributed by atoms with Gasteiger partial charge in [0, 0.05) is 18.8 Å². The van der Waals surface area contributed by atoms with Crippen molar-refractivity contribution in [3.8, 4) is 0 Å². The number of rotatable bonds is 9. The molecule has 11 nitrogen and oxygen atoms in total. The van der Waals surface area contributed by atoms with E-state index in [4.69, 9.17) is 19.8 Å². The minimum Gasteiger partial charge on any atom is -0.473 e. The maximum absolute atomic E-state index is 12.8. The molecular formula is C21H34N4O7S. The van der Waals surface area contributed by atoms with E-state index >= 15 is 0 Å². The minimum absolute atomic E-state index is 0.171. The van der Waals surface area contributed by atoms with Gasteiger partial charge in [0.2, 0.25) is 15.9 Å². The summed E-state index contributed by atoms with van der Waals surface area (Å²) in [6.45, 7) is 4.91. The number of anilines is 1. The molecule has 0 aliphatic carbocycles. The zero-order valence-electron chi connectivity index (χ0n) is 19.3. The van der Waals surface area contributed by atoms with Crippen LogP contribution in [0.2, 0.25) is 0 Å². The van der Waals surface area contributed by atoms with Crippen LogP contribution in [-0.2, 0) is 24.4 Å². The number of aliphatic carboxylic acids is 2. The van der Waals surface area contributed by atoms with Gasteiger partial charge in [-0.2, -0.15) is 4.31 Å². The van der Waals surface area contributed by atoms with Crippen LogP contribution >= 0.6 is 0 Å². The van der Waals surface area contributed by atoms with Gasteiger partial charge in [-0.05, 0) is 71.1 Å². The Morgan fingerprint density at radius 3 is 2.21 bits per heavy atom. The van der Waals surface area contributed by atoms with E-state index in [0.29, 0.717) is 18.8 Å². The molecular weight excluding hydrogens is 452 g/mol. The molecule has 0 radical (unpaired) electrons. The number of hydrogen-bond donors (Lipinski definition) is 4. The van der Waals surface area contributed by atoms with Gasteiger partial charge in [-0.25, -0.2) is 18.0 Å². The maximum Gasteiger partial charge on any atom is 0.414 e. The summed E-state index contributed by atoms with van der Waals surface area (Å²) in [6, 6.07) is 4.94. The van der Waals surface area contributed by atoms with E-state index in [1.165, 1.54) is 0 Å². The average molecular weight is 487 g/mol. The molecule has 0 unspecified atom stereocenters. The Balaban J connectivity index is 0.000000801. The van der Waals surface area contributed by atoms with Gasteiger partial charge in [0.25, 0.3) is 0 Å². The molecule has 186 valence electrons. The van der Waals surface area contributed by atoms with Crippen LogP contribution in [0.1, 0.15) is 31.2 Å². The van der Waals surface area contributed by atoms with Crippen LogP contribution in [-0.4, -0.2) is 92.5 Å². The lowest BCUT2D eigenvalue weighted by Gasteiger charge is -2.26. The summed E-state index contributed by atoms with van der Waals surface area (Å²) in [5, 5.41) is 20.7. The highest BCUT2D eigenvalue weighted by Gasteiger charge is 2.26. The van der Waals surface area contributed by atoms with Crippen molar-refractivity contribution in [2.75, 3.05) is 52.1 Å². The molecule has 1 fully saturated rings. The van der Waals surface area contributed by atoms with Crippen LogP contribution < -0.4 is 10.6 Å². The number of hydrogen-bond acceptors (Lipinski definition) is 7. The van der Waals surface area contributed by atoms with E-state index in [1.807, 2.05) is 21.0 Å². The van der Waals surface area contributed by atoms with Gasteiger partial charge in [0.15, 0.2) is 0 Å². The molecule has 1 heterocycles. The number of amides is 1. The summed E-state index contributed by atoms with van der Waals surface area (Å²) in [6.07, 6.45) is 3.83. The molecule has 33 heavy (non-hydrogen) atoms. The summed E-state index contributed by atoms with van der Waals surface area (Å²) >= 11 is 0. The van der Waals surface area contributed by atoms with Crippen LogP contribution in [0.15, 0.2) is 23.1 Å². The largest absolute Gasteiger partial charge is 0.473 e. The van der Waals surface area contributed by atoms with Crippen LogP contribution in [0.5, 0.6) is 0 Å². The SMILES string of the molecule is Cc1ccc(S(=O)(=O)N2CCCCC2)cc1NC(=O)CNCCCN(C)C.O=C(O)C(=O)O. The van der Waals surface area contributed by atoms with Crippen molar-refractivity contribution in [3.05, 3.63) is 23.8 Å². The normalized spacial score (nSPS) is 14.3. The predicted molar refractivity (Wildman–Crippen MR) is 124 cm³/mol. The number of piperidine rings is 1. The molecule has 1 aliphatic rings. The third kappa shape index (κ3) is 10.3. The van der Waals surface area contributed by atoms with Crippen LogP contribution in [0, 0.1) is 6.92 Å². The molecule has 1 aromatic rings. The molecule has 1 aromatic carbocycles. The topological polar surface area (TPSA) is 156 Å². The number of aryl methyl sites for hydroxylation is 1. The van der Waals surface area contributed by atoms with Gasteiger partial charge in [0.05, 0.1) is 11.4 Å². The summed E-state index contributed by atoms with van der Waals surface area (Å²) < 4.78 is 27.2. The van der Waals surface area contributed by atoms with Crippen LogP contribution in [0.25, 0.3) is 0 Å². The van der Waals surface area contributed by atoms with Crippen molar-refractivity contribution >= 4 is 33.6 Å². The Labute approximate surface area is 194 Å². The zero-order chi connectivity index (χ0) is 25.0. The molecule has 0 atom stereocenters. The molecule has 1 saturated heterocycles. The molecule has 1 amide bonds. The third-order valence-electron chi connectivity index (χ3n) is 4.86. The quantitative estimate of drug-likeness (QED) is 0.293. The van der Waals surface area contributed by atoms with E-state index in [1.54, 1.807) is 22.5 Å². The number of nitrogens with one attached hydrogen (secondary N) is 2. The maximum atomic E-state index is 12.8. The van der Waals surface area contributed by atoms with Crippen LogP contribution in [0.3, 0.4) is 0 Å². The fraction of sp³-hybridized carbons (Fsp3) is 0.571. The number of benzene rings is 1. The second-order valence-electron chi connectivity index (χ2n) is 7.93. The Morgan fingerprint density at radius 1 is 1.06 bits per heavy atom. The number of carboxylic acids is 2. The lowest BCUT2D eigenvalue weighted by Crippen LogP contribution is -2.35. The molecule has 0 saturated carbocycles. The highest BCUT2D eigenvalue weighted by Crippen LogP contribution is 2.25. The third-order valence-corrected chi connectivity index (χ3v) is 6.76. The first kappa shape index (κ1) is 28.5. The smallest absolute Gasteiger partial charge is 0.414 e. The van der Waals surface area contributed by atoms with Crippen molar-refractivity contribution in [2.45, 2.75) is 37.5 Å². The monoisotopic (exact) mass is 486 g/mol. The molecule has 4 N–H and O–H groups in total. The van der Waals surface area contributed by atoms with Crippen molar-refractivity contribution < 1.29 is 33.0 Å². The summed E-state index contributed by atoms with van der Waals surface area (Å²) in [5.41, 5.74) is 1.39. The second-order valence-corrected chi connectivity index (χ2v) is 9.87. The predicted octanol–water partition coefficient (Wildman–Crippen LogP) is 0.805. The average Bonchev–Trinajstić information content (AvgIpc) is 2.75. The van der Waals surface area contributed by atoms with Gasteiger partial charge < -0.3 is 25.7 Å². The molecule has 1 aliphatic heterocycles. The molecule has 0 bridgehead atoms. The number of nitrogens with zero attached hydrogens (tertiary/aromatic N) is 2. The molecule has 12 heteroatoms. The minimum atomic E-state index is -3.51. The van der Waals surface area contributed by atoms with E-state index in [2.05, 4.69) is 15.5 Å². The number of sulfonamides is 1. The lowest BCUT2D eigenvalue weighted by atomic mass is 10.2. The van der Waals surface area contributed by atoms with E-state index in [0.717, 1.165) is 44.3 Å². The van der Waals surface area contributed by atoms with Crippen molar-refractivity contribution in [3.63, 3.8) is 0 Å². The lowest BCUT2D eigenvalue weighted by molar-refractivity contribution is -0.159. The Morgan fingerprint density at radius 2 is 1.67 bits per heavy atom. The Bertz CT molecular complexity index is 901. The summed E-state index contributed by atoms with van der Waals surface area (Å²) in [5.74, 6) is -3.82. The first-order valence-corrected chi connectivity index (χ1v) is 12.1. The highest BCUT2D eigenvalue weighted by atomic mass is 32.2. The highest BCUT2D eigenvalue weighted by molar-refractivity contribution is 7.89. The van der Waals surface area contributed by atoms with Crippen molar-refractivity contribution in [1.82, 2.24) is 14.5 Å². The second kappa shape index (κ2) is 13.9. The summed E-state index contributed by atoms with van der Waals surface area (Å²) in [7, 11) is 0.521. The van der Waals surface area contributed by atoms with Crippen LogP contribution in [0.4, 0.5) is 5.69 Å². The fourth-order valence-electron chi connectivity index (χ4n) is 3.07. The molecule has 0 spiro atoms. The van der Waals surface area contributed by atoms with E-state index < -0.39 is 22.0 Å². The van der Waals surface area contributed by atoms with E-state index in [9.17, 15) is 13.2 Å². The molecule has 2 rings (SSSR count). The van der Waals surface area contributed by atoms with Crippen molar-refractivity contribution in [2.24, 2.45) is 0 Å². The van der Waals surface area contributed by atoms with Gasteiger partial charge in [-0.1, -0.05) is 12.5 Å². The fourth-order valence-corrected chi connectivity index (χ4v) is 4.61. The first-order chi connectivity index (χ1) is 15.4. The Hall–Kier alpha value is -2.54. The number of carbonyl (C=O) groups excluding carboxylic acids is 1. The van der Waals surface area contributed by atoms with Gasteiger partial charge in [0.1, 0.15) is 0 Å². The van der Waals surface area contributed by atoms with E-state index in [-0.39, 0.29) is 17.3 Å². The standard InChI is InChI=1S/C19H32N4O3S.C2H2O4/c1-16-8-9-17(27(25,26)23-12-5-4-6-13-23)14-18(16)21-19(24)15-20-10-7-11-22(2)3;3-1(4)2(5)6/h8-9,14,20H,4-7,10-13,15H2,1-3H3,(H,21,24);(H,3,4)(H,5,6). The first-order valence-electron chi connectivity index (χ1n) is 10.7. The van der Waals surface area contributed by atoms with Gasteiger partial charge in [-0.15, -0.1) is 0 Å². The summed E-state index contributed by atoms with van der Waals surface area (Å²) in [4.78, 5) is 32.7.